The van der Waals surface area contributed by atoms with E-state index in [2.05, 4.69) is 17.4 Å². The Morgan fingerprint density at radius 3 is 2.60 bits per heavy atom. The van der Waals surface area contributed by atoms with Crippen LogP contribution in [-0.4, -0.2) is 13.6 Å². The maximum Gasteiger partial charge on any atom is 0.113 e. The largest absolute Gasteiger partial charge is 0.492 e. The maximum atomic E-state index is 5.81. The van der Waals surface area contributed by atoms with Gasteiger partial charge in [0.2, 0.25) is 0 Å². The summed E-state index contributed by atoms with van der Waals surface area (Å²) >= 11 is 0. The SMILES string of the molecule is CNCC(OCc1ccccc1)=C1CC1. The number of benzene rings is 1. The van der Waals surface area contributed by atoms with E-state index in [0.29, 0.717) is 6.61 Å². The van der Waals surface area contributed by atoms with Gasteiger partial charge in [-0.1, -0.05) is 30.3 Å². The highest BCUT2D eigenvalue weighted by atomic mass is 16.5. The minimum absolute atomic E-state index is 0.682. The number of ether oxygens (including phenoxy) is 1. The molecular weight excluding hydrogens is 186 g/mol. The average Bonchev–Trinajstić information content (AvgIpc) is 3.09. The molecular formula is C13H17NO. The van der Waals surface area contributed by atoms with Crippen molar-refractivity contribution in [3.05, 3.63) is 47.2 Å². The summed E-state index contributed by atoms with van der Waals surface area (Å²) < 4.78 is 5.81. The van der Waals surface area contributed by atoms with Crippen molar-refractivity contribution in [3.8, 4) is 0 Å². The Morgan fingerprint density at radius 1 is 1.27 bits per heavy atom. The minimum Gasteiger partial charge on any atom is -0.492 e. The number of rotatable bonds is 5. The Hall–Kier alpha value is -1.28. The van der Waals surface area contributed by atoms with Gasteiger partial charge in [-0.2, -0.15) is 0 Å². The van der Waals surface area contributed by atoms with Gasteiger partial charge in [0.15, 0.2) is 0 Å². The van der Waals surface area contributed by atoms with Crippen molar-refractivity contribution in [2.24, 2.45) is 0 Å². The molecule has 0 atom stereocenters. The lowest BCUT2D eigenvalue weighted by atomic mass is 10.2. The summed E-state index contributed by atoms with van der Waals surface area (Å²) in [5, 5.41) is 3.14. The van der Waals surface area contributed by atoms with Crippen molar-refractivity contribution in [2.45, 2.75) is 19.4 Å². The van der Waals surface area contributed by atoms with E-state index in [1.807, 2.05) is 25.2 Å². The van der Waals surface area contributed by atoms with Crippen LogP contribution in [0.5, 0.6) is 0 Å². The molecule has 0 saturated heterocycles. The predicted octanol–water partition coefficient (Wildman–Crippen LogP) is 2.47. The molecule has 0 spiro atoms. The fraction of sp³-hybridized carbons (Fsp3) is 0.385. The zero-order chi connectivity index (χ0) is 10.5. The van der Waals surface area contributed by atoms with E-state index in [1.165, 1.54) is 24.0 Å². The van der Waals surface area contributed by atoms with Gasteiger partial charge in [0.05, 0.1) is 6.54 Å². The van der Waals surface area contributed by atoms with Gasteiger partial charge in [-0.05, 0) is 31.0 Å². The van der Waals surface area contributed by atoms with Crippen molar-refractivity contribution in [1.29, 1.82) is 0 Å². The third kappa shape index (κ3) is 3.10. The lowest BCUT2D eigenvalue weighted by Gasteiger charge is -2.09. The summed E-state index contributed by atoms with van der Waals surface area (Å²) in [6.07, 6.45) is 2.43. The monoisotopic (exact) mass is 203 g/mol. The third-order valence-corrected chi connectivity index (χ3v) is 2.49. The summed E-state index contributed by atoms with van der Waals surface area (Å²) in [7, 11) is 1.95. The molecule has 1 aliphatic carbocycles. The molecule has 1 aliphatic rings. The standard InChI is InChI=1S/C13H17NO/c1-14-9-13(12-7-8-12)15-10-11-5-3-2-4-6-11/h2-6,14H,7-10H2,1H3. The van der Waals surface area contributed by atoms with E-state index in [0.717, 1.165) is 12.3 Å². The summed E-state index contributed by atoms with van der Waals surface area (Å²) in [5.74, 6) is 1.14. The van der Waals surface area contributed by atoms with Gasteiger partial charge in [0.1, 0.15) is 12.4 Å². The molecule has 0 bridgehead atoms. The number of nitrogens with one attached hydrogen (secondary N) is 1. The molecule has 0 aliphatic heterocycles. The molecule has 2 rings (SSSR count). The molecule has 80 valence electrons. The minimum atomic E-state index is 0.682. The fourth-order valence-electron chi connectivity index (χ4n) is 1.52. The second-order valence-electron chi connectivity index (χ2n) is 3.83. The molecule has 0 aromatic heterocycles. The van der Waals surface area contributed by atoms with Crippen molar-refractivity contribution in [2.75, 3.05) is 13.6 Å². The van der Waals surface area contributed by atoms with Crippen LogP contribution in [0.3, 0.4) is 0 Å². The highest BCUT2D eigenvalue weighted by molar-refractivity contribution is 5.22. The van der Waals surface area contributed by atoms with E-state index in [1.54, 1.807) is 0 Å². The van der Waals surface area contributed by atoms with Crippen LogP contribution in [0.4, 0.5) is 0 Å². The molecule has 1 aromatic carbocycles. The normalized spacial score (nSPS) is 13.8. The number of likely N-dealkylation sites (N-methyl/N-ethyl adjacent to an activating group) is 1. The van der Waals surface area contributed by atoms with Crippen LogP contribution in [0.2, 0.25) is 0 Å². The predicted molar refractivity (Wildman–Crippen MR) is 61.4 cm³/mol. The van der Waals surface area contributed by atoms with E-state index in [4.69, 9.17) is 4.74 Å². The Labute approximate surface area is 91.0 Å². The molecule has 0 amide bonds. The van der Waals surface area contributed by atoms with E-state index < -0.39 is 0 Å². The molecule has 1 fully saturated rings. The van der Waals surface area contributed by atoms with E-state index in [9.17, 15) is 0 Å². The van der Waals surface area contributed by atoms with Crippen LogP contribution in [0, 0.1) is 0 Å². The van der Waals surface area contributed by atoms with Crippen LogP contribution in [0.15, 0.2) is 41.7 Å². The molecule has 0 heterocycles. The van der Waals surface area contributed by atoms with Gasteiger partial charge >= 0.3 is 0 Å². The lowest BCUT2D eigenvalue weighted by molar-refractivity contribution is 0.191. The van der Waals surface area contributed by atoms with Gasteiger partial charge in [0, 0.05) is 0 Å². The quantitative estimate of drug-likeness (QED) is 0.742. The van der Waals surface area contributed by atoms with Crippen LogP contribution in [0.25, 0.3) is 0 Å². The fourth-order valence-corrected chi connectivity index (χ4v) is 1.52. The molecule has 1 N–H and O–H groups in total. The number of hydrogen-bond donors (Lipinski definition) is 1. The van der Waals surface area contributed by atoms with Crippen molar-refractivity contribution in [3.63, 3.8) is 0 Å². The molecule has 0 unspecified atom stereocenters. The van der Waals surface area contributed by atoms with Crippen molar-refractivity contribution >= 4 is 0 Å². The molecule has 15 heavy (non-hydrogen) atoms. The zero-order valence-electron chi connectivity index (χ0n) is 9.12. The van der Waals surface area contributed by atoms with Crippen LogP contribution >= 0.6 is 0 Å². The molecule has 1 aromatic rings. The van der Waals surface area contributed by atoms with Gasteiger partial charge in [-0.15, -0.1) is 0 Å². The van der Waals surface area contributed by atoms with E-state index >= 15 is 0 Å². The van der Waals surface area contributed by atoms with Crippen molar-refractivity contribution in [1.82, 2.24) is 5.32 Å². The smallest absolute Gasteiger partial charge is 0.113 e. The highest BCUT2D eigenvalue weighted by Gasteiger charge is 2.18. The Kier molecular flexibility index (Phi) is 3.41. The highest BCUT2D eigenvalue weighted by Crippen LogP contribution is 2.32. The first-order valence-electron chi connectivity index (χ1n) is 5.42. The van der Waals surface area contributed by atoms with Crippen molar-refractivity contribution < 1.29 is 4.74 Å². The second-order valence-corrected chi connectivity index (χ2v) is 3.83. The second kappa shape index (κ2) is 4.99. The summed E-state index contributed by atoms with van der Waals surface area (Å²) in [4.78, 5) is 0. The molecule has 1 saturated carbocycles. The third-order valence-electron chi connectivity index (χ3n) is 2.49. The molecule has 2 nitrogen and oxygen atoms in total. The van der Waals surface area contributed by atoms with Gasteiger partial charge in [-0.25, -0.2) is 0 Å². The van der Waals surface area contributed by atoms with Gasteiger partial charge in [-0.3, -0.25) is 0 Å². The Morgan fingerprint density at radius 2 is 2.00 bits per heavy atom. The molecule has 2 heteroatoms. The summed E-state index contributed by atoms with van der Waals surface area (Å²) in [6.45, 7) is 1.53. The van der Waals surface area contributed by atoms with Crippen LogP contribution in [0.1, 0.15) is 18.4 Å². The zero-order valence-corrected chi connectivity index (χ0v) is 9.12. The number of allylic oxidation sites excluding steroid dienone is 1. The topological polar surface area (TPSA) is 21.3 Å². The lowest BCUT2D eigenvalue weighted by Crippen LogP contribution is -2.12. The Balaban J connectivity index is 1.89. The first kappa shape index (κ1) is 10.2. The summed E-state index contributed by atoms with van der Waals surface area (Å²) in [6, 6.07) is 10.3. The van der Waals surface area contributed by atoms with Gasteiger partial charge < -0.3 is 10.1 Å². The average molecular weight is 203 g/mol. The van der Waals surface area contributed by atoms with Gasteiger partial charge in [0.25, 0.3) is 0 Å². The van der Waals surface area contributed by atoms with Crippen LogP contribution in [-0.2, 0) is 11.3 Å². The molecule has 0 radical (unpaired) electrons. The van der Waals surface area contributed by atoms with E-state index in [-0.39, 0.29) is 0 Å². The number of hydrogen-bond acceptors (Lipinski definition) is 2. The maximum absolute atomic E-state index is 5.81. The first-order chi connectivity index (χ1) is 7.40. The Bertz CT molecular complexity index is 337. The van der Waals surface area contributed by atoms with Crippen LogP contribution < -0.4 is 5.32 Å². The summed E-state index contributed by atoms with van der Waals surface area (Å²) in [5.41, 5.74) is 2.70. The first-order valence-corrected chi connectivity index (χ1v) is 5.42.